The molecule has 2 aromatic rings. The summed E-state index contributed by atoms with van der Waals surface area (Å²) in [5.74, 6) is 1.83. The number of hydrogen-bond acceptors (Lipinski definition) is 9. The maximum atomic E-state index is 11.8. The SMILES string of the molecule is CCOC(=O)N1CCN(Cn2nc(-c3cc(OC)c(OC)c(OC)c3)oc2=S)CC1. The fraction of sp³-hybridized carbons (Fsp3) is 0.526. The van der Waals surface area contributed by atoms with Crippen LogP contribution in [0.5, 0.6) is 17.2 Å². The first kappa shape index (κ1) is 21.9. The Morgan fingerprint density at radius 3 is 2.27 bits per heavy atom. The van der Waals surface area contributed by atoms with Gasteiger partial charge in [0.1, 0.15) is 0 Å². The second-order valence-electron chi connectivity index (χ2n) is 6.53. The largest absolute Gasteiger partial charge is 0.493 e. The molecule has 11 heteroatoms. The fourth-order valence-corrected chi connectivity index (χ4v) is 3.37. The number of carbonyl (C=O) groups excluding carboxylic acids is 1. The van der Waals surface area contributed by atoms with Gasteiger partial charge in [-0.1, -0.05) is 0 Å². The Balaban J connectivity index is 1.74. The molecule has 3 rings (SSSR count). The Labute approximate surface area is 179 Å². The minimum absolute atomic E-state index is 0.256. The molecule has 0 N–H and O–H groups in total. The molecule has 1 aliphatic heterocycles. The van der Waals surface area contributed by atoms with Crippen LogP contribution in [0.1, 0.15) is 6.92 Å². The molecule has 1 aliphatic rings. The van der Waals surface area contributed by atoms with Gasteiger partial charge in [-0.15, -0.1) is 5.10 Å². The predicted octanol–water partition coefficient (Wildman–Crippen LogP) is 2.63. The van der Waals surface area contributed by atoms with Gasteiger partial charge in [0, 0.05) is 31.7 Å². The van der Waals surface area contributed by atoms with E-state index in [2.05, 4.69) is 10.00 Å². The Bertz CT molecular complexity index is 910. The molecule has 1 saturated heterocycles. The smallest absolute Gasteiger partial charge is 0.409 e. The van der Waals surface area contributed by atoms with Crippen molar-refractivity contribution in [3.63, 3.8) is 0 Å². The highest BCUT2D eigenvalue weighted by atomic mass is 32.1. The molecule has 1 aromatic carbocycles. The van der Waals surface area contributed by atoms with E-state index in [1.54, 1.807) is 50.0 Å². The molecule has 1 fully saturated rings. The summed E-state index contributed by atoms with van der Waals surface area (Å²) in [6.45, 7) is 5.18. The van der Waals surface area contributed by atoms with Crippen molar-refractivity contribution < 1.29 is 28.2 Å². The van der Waals surface area contributed by atoms with E-state index in [-0.39, 0.29) is 10.9 Å². The first-order valence-electron chi connectivity index (χ1n) is 9.53. The van der Waals surface area contributed by atoms with Crippen LogP contribution in [0, 0.1) is 4.84 Å². The molecule has 0 spiro atoms. The lowest BCUT2D eigenvalue weighted by molar-refractivity contribution is 0.0688. The molecular formula is C19H26N4O6S. The lowest BCUT2D eigenvalue weighted by Crippen LogP contribution is -2.49. The molecular weight excluding hydrogens is 412 g/mol. The number of benzene rings is 1. The van der Waals surface area contributed by atoms with E-state index in [0.29, 0.717) is 68.2 Å². The van der Waals surface area contributed by atoms with Crippen molar-refractivity contribution >= 4 is 18.3 Å². The van der Waals surface area contributed by atoms with Crippen molar-refractivity contribution in [3.05, 3.63) is 17.0 Å². The summed E-state index contributed by atoms with van der Waals surface area (Å²) in [6, 6.07) is 3.51. The monoisotopic (exact) mass is 438 g/mol. The van der Waals surface area contributed by atoms with Crippen molar-refractivity contribution in [3.8, 4) is 28.7 Å². The molecule has 0 saturated carbocycles. The zero-order valence-electron chi connectivity index (χ0n) is 17.5. The van der Waals surface area contributed by atoms with Crippen LogP contribution in [0.25, 0.3) is 11.5 Å². The van der Waals surface area contributed by atoms with Crippen LogP contribution in [-0.2, 0) is 11.4 Å². The van der Waals surface area contributed by atoms with Gasteiger partial charge < -0.3 is 28.3 Å². The topological polar surface area (TPSA) is 91.4 Å². The van der Waals surface area contributed by atoms with Crippen LogP contribution in [-0.4, -0.2) is 79.8 Å². The van der Waals surface area contributed by atoms with E-state index in [9.17, 15) is 4.79 Å². The second kappa shape index (κ2) is 9.81. The summed E-state index contributed by atoms with van der Waals surface area (Å²) in [6.07, 6.45) is -0.278. The van der Waals surface area contributed by atoms with Gasteiger partial charge in [0.2, 0.25) is 11.6 Å². The highest BCUT2D eigenvalue weighted by Gasteiger charge is 2.23. The number of rotatable bonds is 7. The standard InChI is InChI=1S/C19H26N4O6S/c1-5-28-18(24)22-8-6-21(7-9-22)12-23-19(30)29-17(20-23)13-10-14(25-2)16(27-4)15(11-13)26-3/h10-11H,5-9,12H2,1-4H3. The third kappa shape index (κ3) is 4.68. The summed E-state index contributed by atoms with van der Waals surface area (Å²) in [5, 5.41) is 4.51. The van der Waals surface area contributed by atoms with Gasteiger partial charge in [-0.2, -0.15) is 0 Å². The molecule has 0 bridgehead atoms. The van der Waals surface area contributed by atoms with Crippen LogP contribution >= 0.6 is 12.2 Å². The minimum Gasteiger partial charge on any atom is -0.493 e. The number of ether oxygens (including phenoxy) is 4. The van der Waals surface area contributed by atoms with Crippen molar-refractivity contribution in [1.29, 1.82) is 0 Å². The lowest BCUT2D eigenvalue weighted by atomic mass is 10.2. The normalized spacial score (nSPS) is 14.5. The summed E-state index contributed by atoms with van der Waals surface area (Å²) < 4.78 is 28.5. The summed E-state index contributed by atoms with van der Waals surface area (Å²) in [4.78, 5) is 15.9. The Hall–Kier alpha value is -2.79. The van der Waals surface area contributed by atoms with Gasteiger partial charge in [0.05, 0.1) is 34.6 Å². The van der Waals surface area contributed by atoms with Crippen molar-refractivity contribution in [1.82, 2.24) is 19.6 Å². The first-order chi connectivity index (χ1) is 14.5. The zero-order chi connectivity index (χ0) is 21.7. The highest BCUT2D eigenvalue weighted by Crippen LogP contribution is 2.40. The molecule has 10 nitrogen and oxygen atoms in total. The van der Waals surface area contributed by atoms with E-state index in [4.69, 9.17) is 35.6 Å². The van der Waals surface area contributed by atoms with Crippen molar-refractivity contribution in [2.24, 2.45) is 0 Å². The predicted molar refractivity (Wildman–Crippen MR) is 111 cm³/mol. The fourth-order valence-electron chi connectivity index (χ4n) is 3.19. The molecule has 30 heavy (non-hydrogen) atoms. The minimum atomic E-state index is -0.278. The van der Waals surface area contributed by atoms with Crippen LogP contribution in [0.15, 0.2) is 16.5 Å². The van der Waals surface area contributed by atoms with E-state index in [1.807, 2.05) is 0 Å². The van der Waals surface area contributed by atoms with E-state index in [0.717, 1.165) is 0 Å². The van der Waals surface area contributed by atoms with Gasteiger partial charge >= 0.3 is 6.09 Å². The van der Waals surface area contributed by atoms with Crippen molar-refractivity contribution in [2.75, 3.05) is 54.1 Å². The maximum Gasteiger partial charge on any atom is 0.409 e. The molecule has 0 radical (unpaired) electrons. The van der Waals surface area contributed by atoms with E-state index in [1.165, 1.54) is 0 Å². The van der Waals surface area contributed by atoms with Crippen LogP contribution in [0.4, 0.5) is 4.79 Å². The molecule has 1 amide bonds. The summed E-state index contributed by atoms with van der Waals surface area (Å²) in [5.41, 5.74) is 0.654. The van der Waals surface area contributed by atoms with Crippen LogP contribution in [0.2, 0.25) is 0 Å². The first-order valence-corrected chi connectivity index (χ1v) is 9.93. The number of carbonyl (C=O) groups is 1. The van der Waals surface area contributed by atoms with Crippen LogP contribution in [0.3, 0.4) is 0 Å². The van der Waals surface area contributed by atoms with Gasteiger partial charge in [0.15, 0.2) is 11.5 Å². The number of amides is 1. The maximum absolute atomic E-state index is 11.8. The summed E-state index contributed by atoms with van der Waals surface area (Å²) >= 11 is 5.35. The van der Waals surface area contributed by atoms with Gasteiger partial charge in [-0.05, 0) is 31.3 Å². The number of methoxy groups -OCH3 is 3. The molecule has 0 unspecified atom stereocenters. The average Bonchev–Trinajstić information content (AvgIpc) is 3.13. The third-order valence-corrected chi connectivity index (χ3v) is 5.04. The number of hydrogen-bond donors (Lipinski definition) is 0. The van der Waals surface area contributed by atoms with E-state index >= 15 is 0 Å². The summed E-state index contributed by atoms with van der Waals surface area (Å²) in [7, 11) is 4.64. The third-order valence-electron chi connectivity index (χ3n) is 4.75. The highest BCUT2D eigenvalue weighted by molar-refractivity contribution is 7.71. The molecule has 2 heterocycles. The Morgan fingerprint density at radius 1 is 1.10 bits per heavy atom. The Morgan fingerprint density at radius 2 is 1.73 bits per heavy atom. The second-order valence-corrected chi connectivity index (χ2v) is 6.88. The number of nitrogens with zero attached hydrogens (tertiary/aromatic N) is 4. The molecule has 0 aliphatic carbocycles. The van der Waals surface area contributed by atoms with E-state index < -0.39 is 0 Å². The lowest BCUT2D eigenvalue weighted by Gasteiger charge is -2.33. The quantitative estimate of drug-likeness (QED) is 0.605. The van der Waals surface area contributed by atoms with Gasteiger partial charge in [-0.25, -0.2) is 9.48 Å². The number of piperazine rings is 1. The van der Waals surface area contributed by atoms with Crippen molar-refractivity contribution in [2.45, 2.75) is 13.6 Å². The molecule has 1 aromatic heterocycles. The van der Waals surface area contributed by atoms with Crippen LogP contribution < -0.4 is 14.2 Å². The van der Waals surface area contributed by atoms with Gasteiger partial charge in [-0.3, -0.25) is 4.90 Å². The molecule has 0 atom stereocenters. The molecule has 164 valence electrons. The average molecular weight is 439 g/mol. The number of aromatic nitrogens is 2. The zero-order valence-corrected chi connectivity index (χ0v) is 18.4. The Kier molecular flexibility index (Phi) is 7.16. The van der Waals surface area contributed by atoms with Gasteiger partial charge in [0.25, 0.3) is 4.84 Å².